The largest absolute Gasteiger partial charge is 0.309 e. The summed E-state index contributed by atoms with van der Waals surface area (Å²) in [5.74, 6) is 0.200. The summed E-state index contributed by atoms with van der Waals surface area (Å²) in [5, 5.41) is 3.00. The molecule has 0 bridgehead atoms. The Morgan fingerprint density at radius 1 is 1.60 bits per heavy atom. The molecule has 0 unspecified atom stereocenters. The minimum absolute atomic E-state index is 0.200. The molecule has 54 valence electrons. The van der Waals surface area contributed by atoms with E-state index in [1.807, 2.05) is 0 Å². The number of carbonyl (C=O) groups excluding carboxylic acids is 1. The molecule has 1 N–H and O–H groups in total. The summed E-state index contributed by atoms with van der Waals surface area (Å²) in [6, 6.07) is 0. The van der Waals surface area contributed by atoms with E-state index in [1.54, 1.807) is 12.2 Å². The molecular weight excluding hydrogens is 126 g/mol. The predicted molar refractivity (Wildman–Crippen MR) is 40.8 cm³/mol. The predicted octanol–water partition coefficient (Wildman–Crippen LogP) is 0.661. The Hall–Kier alpha value is -0.890. The van der Waals surface area contributed by atoms with Crippen LogP contribution in [-0.4, -0.2) is 18.9 Å². The van der Waals surface area contributed by atoms with E-state index in [9.17, 15) is 4.79 Å². The van der Waals surface area contributed by atoms with Gasteiger partial charge in [0.15, 0.2) is 5.78 Å². The second-order valence-corrected chi connectivity index (χ2v) is 2.28. The van der Waals surface area contributed by atoms with Gasteiger partial charge in [-0.2, -0.15) is 0 Å². The Kier molecular flexibility index (Phi) is 2.40. The van der Waals surface area contributed by atoms with Crippen LogP contribution in [0.15, 0.2) is 24.3 Å². The van der Waals surface area contributed by atoms with Gasteiger partial charge in [-0.3, -0.25) is 4.79 Å². The van der Waals surface area contributed by atoms with Gasteiger partial charge < -0.3 is 5.32 Å². The molecule has 1 aliphatic rings. The number of carbonyl (C=O) groups is 1. The van der Waals surface area contributed by atoms with Crippen LogP contribution in [-0.2, 0) is 4.79 Å². The lowest BCUT2D eigenvalue weighted by molar-refractivity contribution is -0.115. The maximum absolute atomic E-state index is 11.0. The Morgan fingerprint density at radius 2 is 2.40 bits per heavy atom. The normalized spacial score (nSPS) is 23.2. The highest BCUT2D eigenvalue weighted by Gasteiger charge is 2.12. The third-order valence-electron chi connectivity index (χ3n) is 1.53. The van der Waals surface area contributed by atoms with Crippen molar-refractivity contribution in [2.75, 3.05) is 13.1 Å². The molecule has 0 aromatic rings. The number of hydrogen-bond donors (Lipinski definition) is 1. The zero-order valence-corrected chi connectivity index (χ0v) is 5.89. The Morgan fingerprint density at radius 3 is 3.00 bits per heavy atom. The summed E-state index contributed by atoms with van der Waals surface area (Å²) in [6.45, 7) is 4.93. The fourth-order valence-electron chi connectivity index (χ4n) is 0.996. The number of ketones is 1. The maximum Gasteiger partial charge on any atom is 0.172 e. The van der Waals surface area contributed by atoms with E-state index in [2.05, 4.69) is 11.9 Å². The van der Waals surface area contributed by atoms with Crippen molar-refractivity contribution >= 4 is 5.78 Å². The first-order valence-electron chi connectivity index (χ1n) is 3.40. The van der Waals surface area contributed by atoms with Crippen molar-refractivity contribution < 1.29 is 4.79 Å². The van der Waals surface area contributed by atoms with Crippen LogP contribution in [0.4, 0.5) is 0 Å². The number of allylic oxidation sites excluding steroid dienone is 2. The molecule has 0 spiro atoms. The van der Waals surface area contributed by atoms with E-state index in [0.29, 0.717) is 6.54 Å². The van der Waals surface area contributed by atoms with Crippen molar-refractivity contribution in [1.29, 1.82) is 0 Å². The van der Waals surface area contributed by atoms with Crippen LogP contribution < -0.4 is 5.32 Å². The van der Waals surface area contributed by atoms with Gasteiger partial charge in [0.25, 0.3) is 0 Å². The topological polar surface area (TPSA) is 29.1 Å². The highest BCUT2D eigenvalue weighted by atomic mass is 16.1. The van der Waals surface area contributed by atoms with Gasteiger partial charge in [-0.05, 0) is 18.5 Å². The quantitative estimate of drug-likeness (QED) is 0.538. The highest BCUT2D eigenvalue weighted by Crippen LogP contribution is 2.05. The fraction of sp³-hybridized carbons (Fsp3) is 0.375. The minimum Gasteiger partial charge on any atom is -0.309 e. The van der Waals surface area contributed by atoms with E-state index >= 15 is 0 Å². The van der Waals surface area contributed by atoms with Crippen molar-refractivity contribution in [1.82, 2.24) is 5.32 Å². The van der Waals surface area contributed by atoms with Gasteiger partial charge in [-0.15, -0.1) is 0 Å². The lowest BCUT2D eigenvalue weighted by Gasteiger charge is -2.12. The van der Waals surface area contributed by atoms with E-state index < -0.39 is 0 Å². The van der Waals surface area contributed by atoms with E-state index in [-0.39, 0.29) is 5.78 Å². The minimum atomic E-state index is 0.200. The number of piperidine rings is 1. The molecule has 0 aliphatic carbocycles. The maximum atomic E-state index is 11.0. The average molecular weight is 137 g/mol. The van der Waals surface area contributed by atoms with Crippen molar-refractivity contribution in [2.24, 2.45) is 0 Å². The van der Waals surface area contributed by atoms with Gasteiger partial charge in [0.05, 0.1) is 6.54 Å². The second-order valence-electron chi connectivity index (χ2n) is 2.28. The van der Waals surface area contributed by atoms with Crippen molar-refractivity contribution in [3.8, 4) is 0 Å². The number of nitrogens with one attached hydrogen (secondary N) is 1. The number of hydrogen-bond acceptors (Lipinski definition) is 2. The van der Waals surface area contributed by atoms with Crippen LogP contribution in [0.25, 0.3) is 0 Å². The lowest BCUT2D eigenvalue weighted by Crippen LogP contribution is -2.31. The first kappa shape index (κ1) is 7.22. The molecule has 0 aromatic heterocycles. The highest BCUT2D eigenvalue weighted by molar-refractivity contribution is 5.97. The zero-order chi connectivity index (χ0) is 7.40. The molecule has 1 saturated heterocycles. The first-order valence-corrected chi connectivity index (χ1v) is 3.40. The van der Waals surface area contributed by atoms with Gasteiger partial charge in [0.2, 0.25) is 0 Å². The van der Waals surface area contributed by atoms with Crippen LogP contribution in [0, 0.1) is 0 Å². The first-order chi connectivity index (χ1) is 4.84. The van der Waals surface area contributed by atoms with Crippen molar-refractivity contribution in [2.45, 2.75) is 6.42 Å². The third kappa shape index (κ3) is 1.54. The summed E-state index contributed by atoms with van der Waals surface area (Å²) < 4.78 is 0. The Labute approximate surface area is 60.6 Å². The van der Waals surface area contributed by atoms with Crippen LogP contribution in [0.3, 0.4) is 0 Å². The molecule has 1 fully saturated rings. The molecular formula is C8H11NO. The Bertz CT molecular complexity index is 182. The van der Waals surface area contributed by atoms with Gasteiger partial charge in [-0.25, -0.2) is 0 Å². The van der Waals surface area contributed by atoms with Crippen LogP contribution >= 0.6 is 0 Å². The van der Waals surface area contributed by atoms with Crippen molar-refractivity contribution in [3.05, 3.63) is 24.3 Å². The monoisotopic (exact) mass is 137 g/mol. The smallest absolute Gasteiger partial charge is 0.172 e. The molecule has 0 atom stereocenters. The van der Waals surface area contributed by atoms with E-state index in [0.717, 1.165) is 18.5 Å². The average Bonchev–Trinajstić information content (AvgIpc) is 1.94. The molecule has 0 amide bonds. The van der Waals surface area contributed by atoms with Crippen LogP contribution in [0.1, 0.15) is 6.42 Å². The van der Waals surface area contributed by atoms with Crippen LogP contribution in [0.5, 0.6) is 0 Å². The summed E-state index contributed by atoms with van der Waals surface area (Å²) in [5.41, 5.74) is 0.897. The molecule has 0 saturated carbocycles. The zero-order valence-electron chi connectivity index (χ0n) is 5.89. The molecule has 2 nitrogen and oxygen atoms in total. The summed E-state index contributed by atoms with van der Waals surface area (Å²) in [4.78, 5) is 11.0. The molecule has 0 aromatic carbocycles. The van der Waals surface area contributed by atoms with Gasteiger partial charge in [0.1, 0.15) is 0 Å². The third-order valence-corrected chi connectivity index (χ3v) is 1.53. The fourth-order valence-corrected chi connectivity index (χ4v) is 0.996. The molecule has 1 heterocycles. The Balaban J connectivity index is 2.64. The van der Waals surface area contributed by atoms with Gasteiger partial charge in [0, 0.05) is 0 Å². The standard InChI is InChI=1S/C8H11NO/c1-2-3-7-4-5-9-6-8(7)10/h2-3,9H,1,4-6H2/b7-3-. The van der Waals surface area contributed by atoms with Crippen LogP contribution in [0.2, 0.25) is 0 Å². The molecule has 2 heteroatoms. The van der Waals surface area contributed by atoms with Gasteiger partial charge in [-0.1, -0.05) is 18.7 Å². The van der Waals surface area contributed by atoms with E-state index in [1.165, 1.54) is 0 Å². The molecule has 10 heavy (non-hydrogen) atoms. The SMILES string of the molecule is C=C/C=C1/CCNCC1=O. The number of Topliss-reactive ketones (excluding diaryl/α,β-unsaturated/α-hetero) is 1. The lowest BCUT2D eigenvalue weighted by atomic mass is 10.0. The molecule has 1 aliphatic heterocycles. The second kappa shape index (κ2) is 3.32. The van der Waals surface area contributed by atoms with Crippen molar-refractivity contribution in [3.63, 3.8) is 0 Å². The molecule has 0 radical (unpaired) electrons. The molecule has 1 rings (SSSR count). The summed E-state index contributed by atoms with van der Waals surface area (Å²) >= 11 is 0. The summed E-state index contributed by atoms with van der Waals surface area (Å²) in [7, 11) is 0. The van der Waals surface area contributed by atoms with E-state index in [4.69, 9.17) is 0 Å². The summed E-state index contributed by atoms with van der Waals surface area (Å²) in [6.07, 6.45) is 4.30. The van der Waals surface area contributed by atoms with Gasteiger partial charge >= 0.3 is 0 Å². The number of rotatable bonds is 1.